The Labute approximate surface area is 135 Å². The molecule has 1 saturated carbocycles. The van der Waals surface area contributed by atoms with E-state index in [1.165, 1.54) is 0 Å². The number of primary sulfonamides is 1. The Morgan fingerprint density at radius 2 is 1.86 bits per heavy atom. The summed E-state index contributed by atoms with van der Waals surface area (Å²) in [6.45, 7) is 0.281. The average Bonchev–Trinajstić information content (AvgIpc) is 2.39. The quantitative estimate of drug-likeness (QED) is 0.880. The Balaban J connectivity index is 2.14. The molecule has 2 rings (SSSR count). The molecule has 0 heterocycles. The van der Waals surface area contributed by atoms with Gasteiger partial charge < -0.3 is 4.74 Å². The van der Waals surface area contributed by atoms with Crippen LogP contribution >= 0.6 is 23.2 Å². The highest BCUT2D eigenvalue weighted by Crippen LogP contribution is 2.39. The highest BCUT2D eigenvalue weighted by Gasteiger charge is 2.36. The van der Waals surface area contributed by atoms with Gasteiger partial charge in [0.15, 0.2) is 0 Å². The highest BCUT2D eigenvalue weighted by atomic mass is 35.5. The van der Waals surface area contributed by atoms with Gasteiger partial charge in [0.1, 0.15) is 5.75 Å². The molecule has 0 radical (unpaired) electrons. The van der Waals surface area contributed by atoms with Crippen LogP contribution < -0.4 is 9.88 Å². The second-order valence-electron chi connectivity index (χ2n) is 5.73. The van der Waals surface area contributed by atoms with Gasteiger partial charge in [0.05, 0.1) is 17.4 Å². The minimum absolute atomic E-state index is 0.0574. The first-order valence-electron chi connectivity index (χ1n) is 6.88. The molecule has 0 aliphatic heterocycles. The van der Waals surface area contributed by atoms with Crippen molar-refractivity contribution in [3.63, 3.8) is 0 Å². The number of ether oxygens (including phenoxy) is 1. The number of halogens is 2. The van der Waals surface area contributed by atoms with Crippen LogP contribution in [-0.4, -0.2) is 20.8 Å². The van der Waals surface area contributed by atoms with Gasteiger partial charge in [0.2, 0.25) is 10.0 Å². The van der Waals surface area contributed by atoms with E-state index in [2.05, 4.69) is 0 Å². The number of hydrogen-bond acceptors (Lipinski definition) is 3. The third kappa shape index (κ3) is 5.02. The van der Waals surface area contributed by atoms with Crippen LogP contribution in [0, 0.1) is 5.41 Å². The van der Waals surface area contributed by atoms with Crippen molar-refractivity contribution in [3.05, 3.63) is 28.2 Å². The summed E-state index contributed by atoms with van der Waals surface area (Å²) in [4.78, 5) is 0. The van der Waals surface area contributed by atoms with Crippen molar-refractivity contribution in [2.24, 2.45) is 10.6 Å². The maximum absolute atomic E-state index is 11.5. The molecule has 0 aromatic heterocycles. The maximum Gasteiger partial charge on any atom is 0.209 e. The molecule has 0 unspecified atom stereocenters. The third-order valence-corrected chi connectivity index (χ3v) is 5.41. The topological polar surface area (TPSA) is 69.4 Å². The van der Waals surface area contributed by atoms with Crippen LogP contribution in [0.5, 0.6) is 5.75 Å². The predicted octanol–water partition coefficient (Wildman–Crippen LogP) is 3.61. The van der Waals surface area contributed by atoms with E-state index in [4.69, 9.17) is 33.1 Å². The highest BCUT2D eigenvalue weighted by molar-refractivity contribution is 7.89. The van der Waals surface area contributed by atoms with Crippen molar-refractivity contribution in [2.75, 3.05) is 12.4 Å². The molecule has 1 fully saturated rings. The Bertz CT molecular complexity index is 598. The van der Waals surface area contributed by atoms with Crippen LogP contribution in [-0.2, 0) is 10.0 Å². The summed E-state index contributed by atoms with van der Waals surface area (Å²) >= 11 is 12.0. The first kappa shape index (κ1) is 16.9. The van der Waals surface area contributed by atoms with Gasteiger partial charge in [0, 0.05) is 16.5 Å². The summed E-state index contributed by atoms with van der Waals surface area (Å²) in [7, 11) is -3.54. The maximum atomic E-state index is 11.5. The van der Waals surface area contributed by atoms with Gasteiger partial charge in [-0.3, -0.25) is 0 Å². The lowest BCUT2D eigenvalue weighted by Crippen LogP contribution is -2.40. The van der Waals surface area contributed by atoms with E-state index < -0.39 is 15.4 Å². The zero-order valence-corrected chi connectivity index (χ0v) is 14.0. The molecule has 1 aromatic rings. The van der Waals surface area contributed by atoms with Gasteiger partial charge in [0.25, 0.3) is 0 Å². The van der Waals surface area contributed by atoms with Gasteiger partial charge in [-0.2, -0.15) is 0 Å². The van der Waals surface area contributed by atoms with Crippen LogP contribution in [0.15, 0.2) is 18.2 Å². The van der Waals surface area contributed by atoms with Gasteiger partial charge in [-0.25, -0.2) is 13.6 Å². The lowest BCUT2D eigenvalue weighted by molar-refractivity contribution is 0.119. The summed E-state index contributed by atoms with van der Waals surface area (Å²) < 4.78 is 28.8. The minimum atomic E-state index is -3.54. The second-order valence-corrected chi connectivity index (χ2v) is 8.19. The van der Waals surface area contributed by atoms with Gasteiger partial charge in [-0.05, 0) is 25.0 Å². The Morgan fingerprint density at radius 3 is 2.48 bits per heavy atom. The molecule has 0 atom stereocenters. The van der Waals surface area contributed by atoms with Gasteiger partial charge in [-0.15, -0.1) is 0 Å². The van der Waals surface area contributed by atoms with Gasteiger partial charge >= 0.3 is 0 Å². The Hall–Kier alpha value is -0.490. The largest absolute Gasteiger partial charge is 0.491 e. The van der Waals surface area contributed by atoms with Crippen LogP contribution in [0.25, 0.3) is 0 Å². The zero-order chi connectivity index (χ0) is 15.5. The molecule has 0 bridgehead atoms. The van der Waals surface area contributed by atoms with E-state index in [-0.39, 0.29) is 12.4 Å². The van der Waals surface area contributed by atoms with Crippen molar-refractivity contribution in [2.45, 2.75) is 32.1 Å². The molecular weight excluding hydrogens is 333 g/mol. The first-order valence-corrected chi connectivity index (χ1v) is 9.35. The molecule has 118 valence electrons. The number of benzene rings is 1. The lowest BCUT2D eigenvalue weighted by Gasteiger charge is -2.36. The third-order valence-electron chi connectivity index (χ3n) is 3.85. The molecule has 7 heteroatoms. The minimum Gasteiger partial charge on any atom is -0.491 e. The monoisotopic (exact) mass is 351 g/mol. The van der Waals surface area contributed by atoms with Crippen molar-refractivity contribution < 1.29 is 13.2 Å². The molecule has 0 amide bonds. The predicted molar refractivity (Wildman–Crippen MR) is 85.4 cm³/mol. The lowest BCUT2D eigenvalue weighted by atomic mass is 9.76. The summed E-state index contributed by atoms with van der Waals surface area (Å²) in [5.74, 6) is 0.418. The molecule has 1 aromatic carbocycles. The molecule has 1 aliphatic carbocycles. The summed E-state index contributed by atoms with van der Waals surface area (Å²) in [5, 5.41) is 6.23. The fourth-order valence-corrected chi connectivity index (χ4v) is 4.44. The first-order chi connectivity index (χ1) is 9.80. The molecule has 4 nitrogen and oxygen atoms in total. The van der Waals surface area contributed by atoms with E-state index >= 15 is 0 Å². The van der Waals surface area contributed by atoms with Crippen molar-refractivity contribution >= 4 is 33.2 Å². The molecule has 0 spiro atoms. The van der Waals surface area contributed by atoms with Crippen LogP contribution in [0.3, 0.4) is 0 Å². The normalized spacial score (nSPS) is 18.4. The second kappa shape index (κ2) is 6.73. The summed E-state index contributed by atoms with van der Waals surface area (Å²) in [6.07, 6.45) is 4.68. The number of sulfonamides is 1. The number of nitrogens with two attached hydrogens (primary N) is 1. The molecule has 0 saturated heterocycles. The average molecular weight is 352 g/mol. The number of hydrogen-bond donors (Lipinski definition) is 1. The number of rotatable bonds is 5. The van der Waals surface area contributed by atoms with Crippen LogP contribution in [0.2, 0.25) is 10.0 Å². The van der Waals surface area contributed by atoms with Gasteiger partial charge in [-0.1, -0.05) is 42.5 Å². The fourth-order valence-electron chi connectivity index (χ4n) is 2.88. The smallest absolute Gasteiger partial charge is 0.209 e. The van der Waals surface area contributed by atoms with E-state index in [0.717, 1.165) is 32.1 Å². The van der Waals surface area contributed by atoms with E-state index in [9.17, 15) is 8.42 Å². The molecular formula is C14H19Cl2NO3S. The van der Waals surface area contributed by atoms with E-state index in [1.54, 1.807) is 18.2 Å². The Morgan fingerprint density at radius 1 is 1.19 bits per heavy atom. The van der Waals surface area contributed by atoms with Crippen LogP contribution in [0.1, 0.15) is 32.1 Å². The van der Waals surface area contributed by atoms with Crippen LogP contribution in [0.4, 0.5) is 0 Å². The molecule has 21 heavy (non-hydrogen) atoms. The fraction of sp³-hybridized carbons (Fsp3) is 0.571. The van der Waals surface area contributed by atoms with Crippen molar-refractivity contribution in [1.82, 2.24) is 0 Å². The Kier molecular flexibility index (Phi) is 5.41. The summed E-state index contributed by atoms with van der Waals surface area (Å²) in [5.41, 5.74) is -0.433. The zero-order valence-electron chi connectivity index (χ0n) is 11.6. The van der Waals surface area contributed by atoms with Crippen molar-refractivity contribution in [3.8, 4) is 5.75 Å². The summed E-state index contributed by atoms with van der Waals surface area (Å²) in [6, 6.07) is 4.97. The van der Waals surface area contributed by atoms with Crippen molar-refractivity contribution in [1.29, 1.82) is 0 Å². The van der Waals surface area contributed by atoms with E-state index in [1.807, 2.05) is 0 Å². The molecule has 2 N–H and O–H groups in total. The molecule has 1 aliphatic rings. The standard InChI is InChI=1S/C14H19Cl2NO3S/c15-11-4-5-12(16)13(8-11)20-9-14(10-21(17,18)19)6-2-1-3-7-14/h4-5,8H,1-3,6-7,9-10H2,(H2,17,18,19). The SMILES string of the molecule is NS(=O)(=O)CC1(COc2cc(Cl)ccc2Cl)CCCCC1. The van der Waals surface area contributed by atoms with E-state index in [0.29, 0.717) is 15.8 Å².